The maximum Gasteiger partial charge on any atom is 0.134 e. The Hall–Kier alpha value is -2.09. The molecule has 0 spiro atoms. The van der Waals surface area contributed by atoms with E-state index in [4.69, 9.17) is 0 Å². The van der Waals surface area contributed by atoms with Crippen molar-refractivity contribution in [3.8, 4) is 0 Å². The summed E-state index contributed by atoms with van der Waals surface area (Å²) in [5.74, 6) is 0.182. The summed E-state index contributed by atoms with van der Waals surface area (Å²) in [6, 6.07) is 17.9. The molecule has 0 unspecified atom stereocenters. The Morgan fingerprint density at radius 2 is 1.71 bits per heavy atom. The van der Waals surface area contributed by atoms with E-state index < -0.39 is 0 Å². The lowest BCUT2D eigenvalue weighted by molar-refractivity contribution is -0.116. The van der Waals surface area contributed by atoms with Crippen LogP contribution in [0.5, 0.6) is 0 Å². The van der Waals surface area contributed by atoms with Gasteiger partial charge in [0.2, 0.25) is 0 Å². The molecule has 0 bridgehead atoms. The van der Waals surface area contributed by atoms with E-state index in [0.29, 0.717) is 6.42 Å². The number of anilines is 2. The highest BCUT2D eigenvalue weighted by molar-refractivity contribution is 5.78. The molecular weight excluding hydrogens is 210 g/mol. The van der Waals surface area contributed by atoms with Gasteiger partial charge in [-0.1, -0.05) is 30.3 Å². The number of carbonyl (C=O) groups excluding carboxylic acids is 1. The molecule has 0 aromatic heterocycles. The van der Waals surface area contributed by atoms with Crippen molar-refractivity contribution < 1.29 is 4.79 Å². The van der Waals surface area contributed by atoms with Crippen molar-refractivity contribution in [3.63, 3.8) is 0 Å². The zero-order valence-corrected chi connectivity index (χ0v) is 9.81. The van der Waals surface area contributed by atoms with Crippen LogP contribution >= 0.6 is 0 Å². The van der Waals surface area contributed by atoms with Crippen LogP contribution < -0.4 is 5.32 Å². The molecular formula is C15H15NO. The van der Waals surface area contributed by atoms with E-state index in [2.05, 4.69) is 5.32 Å². The van der Waals surface area contributed by atoms with E-state index in [1.54, 1.807) is 6.92 Å². The summed E-state index contributed by atoms with van der Waals surface area (Å²) in [5, 5.41) is 3.31. The van der Waals surface area contributed by atoms with Crippen LogP contribution in [-0.4, -0.2) is 5.78 Å². The molecule has 2 rings (SSSR count). The second-order valence-corrected chi connectivity index (χ2v) is 4.07. The van der Waals surface area contributed by atoms with Gasteiger partial charge in [0, 0.05) is 17.8 Å². The van der Waals surface area contributed by atoms with Gasteiger partial charge in [0.15, 0.2) is 0 Å². The van der Waals surface area contributed by atoms with Gasteiger partial charge in [0.25, 0.3) is 0 Å². The smallest absolute Gasteiger partial charge is 0.134 e. The molecule has 0 aliphatic carbocycles. The first-order valence-corrected chi connectivity index (χ1v) is 5.64. The van der Waals surface area contributed by atoms with Crippen molar-refractivity contribution in [2.75, 3.05) is 5.32 Å². The molecule has 0 saturated carbocycles. The third-order valence-corrected chi connectivity index (χ3v) is 2.44. The van der Waals surface area contributed by atoms with Gasteiger partial charge in [-0.2, -0.15) is 0 Å². The Morgan fingerprint density at radius 3 is 2.41 bits per heavy atom. The van der Waals surface area contributed by atoms with Crippen LogP contribution in [0.3, 0.4) is 0 Å². The van der Waals surface area contributed by atoms with Gasteiger partial charge in [-0.05, 0) is 36.8 Å². The molecule has 2 aromatic rings. The predicted octanol–water partition coefficient (Wildman–Crippen LogP) is 3.56. The number of benzene rings is 2. The Labute approximate surface area is 101 Å². The Morgan fingerprint density at radius 1 is 1.00 bits per heavy atom. The predicted molar refractivity (Wildman–Crippen MR) is 70.6 cm³/mol. The van der Waals surface area contributed by atoms with Crippen LogP contribution in [-0.2, 0) is 11.2 Å². The molecule has 86 valence electrons. The average molecular weight is 225 g/mol. The minimum atomic E-state index is 0.182. The third kappa shape index (κ3) is 3.45. The number of ketones is 1. The second kappa shape index (κ2) is 5.30. The van der Waals surface area contributed by atoms with Gasteiger partial charge < -0.3 is 5.32 Å². The van der Waals surface area contributed by atoms with Crippen molar-refractivity contribution in [3.05, 3.63) is 60.2 Å². The van der Waals surface area contributed by atoms with E-state index in [0.717, 1.165) is 16.9 Å². The van der Waals surface area contributed by atoms with Gasteiger partial charge in [-0.3, -0.25) is 4.79 Å². The fraction of sp³-hybridized carbons (Fsp3) is 0.133. The first-order valence-electron chi connectivity index (χ1n) is 5.64. The highest BCUT2D eigenvalue weighted by atomic mass is 16.1. The fourth-order valence-corrected chi connectivity index (χ4v) is 1.73. The highest BCUT2D eigenvalue weighted by Crippen LogP contribution is 2.17. The van der Waals surface area contributed by atoms with Crippen LogP contribution in [0.1, 0.15) is 12.5 Å². The quantitative estimate of drug-likeness (QED) is 0.862. The van der Waals surface area contributed by atoms with Crippen molar-refractivity contribution in [2.45, 2.75) is 13.3 Å². The van der Waals surface area contributed by atoms with Crippen molar-refractivity contribution in [2.24, 2.45) is 0 Å². The maximum atomic E-state index is 11.1. The molecule has 2 nitrogen and oxygen atoms in total. The SMILES string of the molecule is CC(=O)Cc1cccc(Nc2ccccc2)c1. The summed E-state index contributed by atoms with van der Waals surface area (Å²) < 4.78 is 0. The molecule has 0 amide bonds. The van der Waals surface area contributed by atoms with Crippen LogP contribution in [0.4, 0.5) is 11.4 Å². The van der Waals surface area contributed by atoms with Crippen molar-refractivity contribution in [1.29, 1.82) is 0 Å². The molecule has 0 aliphatic rings. The van der Waals surface area contributed by atoms with E-state index in [1.165, 1.54) is 0 Å². The fourth-order valence-electron chi connectivity index (χ4n) is 1.73. The number of carbonyl (C=O) groups is 1. The van der Waals surface area contributed by atoms with Crippen LogP contribution in [0, 0.1) is 0 Å². The third-order valence-electron chi connectivity index (χ3n) is 2.44. The Balaban J connectivity index is 2.14. The molecule has 0 saturated heterocycles. The average Bonchev–Trinajstić information content (AvgIpc) is 2.30. The largest absolute Gasteiger partial charge is 0.356 e. The first kappa shape index (κ1) is 11.4. The summed E-state index contributed by atoms with van der Waals surface area (Å²) in [5.41, 5.74) is 3.10. The normalized spacial score (nSPS) is 9.94. The van der Waals surface area contributed by atoms with Gasteiger partial charge in [0.05, 0.1) is 0 Å². The van der Waals surface area contributed by atoms with Crippen LogP contribution in [0.2, 0.25) is 0 Å². The molecule has 0 atom stereocenters. The first-order chi connectivity index (χ1) is 8.24. The van der Waals surface area contributed by atoms with E-state index in [9.17, 15) is 4.79 Å². The lowest BCUT2D eigenvalue weighted by Gasteiger charge is -2.07. The Bertz CT molecular complexity index is 505. The number of hydrogen-bond acceptors (Lipinski definition) is 2. The lowest BCUT2D eigenvalue weighted by atomic mass is 10.1. The Kier molecular flexibility index (Phi) is 3.55. The van der Waals surface area contributed by atoms with Gasteiger partial charge in [-0.15, -0.1) is 0 Å². The zero-order valence-electron chi connectivity index (χ0n) is 9.81. The van der Waals surface area contributed by atoms with Gasteiger partial charge in [-0.25, -0.2) is 0 Å². The molecule has 0 aliphatic heterocycles. The van der Waals surface area contributed by atoms with E-state index in [1.807, 2.05) is 54.6 Å². The summed E-state index contributed by atoms with van der Waals surface area (Å²) in [6.07, 6.45) is 0.490. The monoisotopic (exact) mass is 225 g/mol. The standard InChI is InChI=1S/C15H15NO/c1-12(17)10-13-6-5-9-15(11-13)16-14-7-3-2-4-8-14/h2-9,11,16H,10H2,1H3. The number of rotatable bonds is 4. The van der Waals surface area contributed by atoms with Gasteiger partial charge in [0.1, 0.15) is 5.78 Å². The summed E-state index contributed by atoms with van der Waals surface area (Å²) in [6.45, 7) is 1.61. The van der Waals surface area contributed by atoms with Gasteiger partial charge >= 0.3 is 0 Å². The molecule has 0 heterocycles. The highest BCUT2D eigenvalue weighted by Gasteiger charge is 1.99. The van der Waals surface area contributed by atoms with E-state index >= 15 is 0 Å². The second-order valence-electron chi connectivity index (χ2n) is 4.07. The molecule has 17 heavy (non-hydrogen) atoms. The molecule has 2 aromatic carbocycles. The maximum absolute atomic E-state index is 11.1. The molecule has 0 radical (unpaired) electrons. The minimum absolute atomic E-state index is 0.182. The summed E-state index contributed by atoms with van der Waals surface area (Å²) in [4.78, 5) is 11.1. The number of hydrogen-bond donors (Lipinski definition) is 1. The van der Waals surface area contributed by atoms with Crippen molar-refractivity contribution in [1.82, 2.24) is 0 Å². The number of Topliss-reactive ketones (excluding diaryl/α,β-unsaturated/α-hetero) is 1. The molecule has 1 N–H and O–H groups in total. The zero-order chi connectivity index (χ0) is 12.1. The van der Waals surface area contributed by atoms with Crippen molar-refractivity contribution >= 4 is 17.2 Å². The van der Waals surface area contributed by atoms with Crippen LogP contribution in [0.25, 0.3) is 0 Å². The van der Waals surface area contributed by atoms with E-state index in [-0.39, 0.29) is 5.78 Å². The summed E-state index contributed by atoms with van der Waals surface area (Å²) in [7, 11) is 0. The molecule has 2 heteroatoms. The minimum Gasteiger partial charge on any atom is -0.356 e. The summed E-state index contributed by atoms with van der Waals surface area (Å²) >= 11 is 0. The topological polar surface area (TPSA) is 29.1 Å². The molecule has 0 fully saturated rings. The van der Waals surface area contributed by atoms with Crippen LogP contribution in [0.15, 0.2) is 54.6 Å². The number of para-hydroxylation sites is 1. The number of nitrogens with one attached hydrogen (secondary N) is 1. The lowest BCUT2D eigenvalue weighted by Crippen LogP contribution is -1.97.